The first kappa shape index (κ1) is 19.0. The minimum absolute atomic E-state index is 0.124. The highest BCUT2D eigenvalue weighted by Gasteiger charge is 2.31. The fourth-order valence-corrected chi connectivity index (χ4v) is 2.58. The van der Waals surface area contributed by atoms with Crippen LogP contribution in [-0.2, 0) is 0 Å². The van der Waals surface area contributed by atoms with Crippen molar-refractivity contribution >= 4 is 11.4 Å². The van der Waals surface area contributed by atoms with Gasteiger partial charge in [0, 0.05) is 37.0 Å². The number of hydrogen-bond donors (Lipinski definition) is 2. The predicted octanol–water partition coefficient (Wildman–Crippen LogP) is 4.09. The standard InChI is InChI=1S/C17H13F3N4O4/c1-21-13-5-2-10(24(26)27)6-15(13)23-8-14(22-9-23)12-4-3-11(7-16(12)25)28-17(18,19)20/h2-9,21,25H,1H3. The highest BCUT2D eigenvalue weighted by atomic mass is 19.4. The summed E-state index contributed by atoms with van der Waals surface area (Å²) in [6, 6.07) is 7.33. The zero-order valence-electron chi connectivity index (χ0n) is 14.3. The number of ether oxygens (including phenoxy) is 1. The molecule has 2 aromatic carbocycles. The smallest absolute Gasteiger partial charge is 0.507 e. The zero-order valence-corrected chi connectivity index (χ0v) is 14.3. The number of nitrogens with zero attached hydrogens (tertiary/aromatic N) is 3. The molecule has 3 rings (SSSR count). The zero-order chi connectivity index (χ0) is 20.5. The van der Waals surface area contributed by atoms with Gasteiger partial charge < -0.3 is 19.7 Å². The summed E-state index contributed by atoms with van der Waals surface area (Å²) in [7, 11) is 1.65. The average molecular weight is 394 g/mol. The number of rotatable bonds is 5. The Bertz CT molecular complexity index is 1030. The van der Waals surface area contributed by atoms with Crippen LogP contribution < -0.4 is 10.1 Å². The van der Waals surface area contributed by atoms with Crippen molar-refractivity contribution in [3.05, 3.63) is 59.0 Å². The minimum atomic E-state index is -4.87. The van der Waals surface area contributed by atoms with Crippen LogP contribution in [0.15, 0.2) is 48.9 Å². The summed E-state index contributed by atoms with van der Waals surface area (Å²) in [5.74, 6) is -1.02. The Kier molecular flexibility index (Phi) is 4.82. The predicted molar refractivity (Wildman–Crippen MR) is 93.5 cm³/mol. The van der Waals surface area contributed by atoms with E-state index in [1.807, 2.05) is 0 Å². The number of phenolic OH excluding ortho intramolecular Hbond substituents is 1. The van der Waals surface area contributed by atoms with Gasteiger partial charge >= 0.3 is 6.36 Å². The maximum atomic E-state index is 12.3. The number of hydrogen-bond acceptors (Lipinski definition) is 6. The molecule has 0 aliphatic heterocycles. The molecule has 0 fully saturated rings. The Balaban J connectivity index is 1.97. The molecular formula is C17H13F3N4O4. The van der Waals surface area contributed by atoms with E-state index in [0.29, 0.717) is 11.4 Å². The first-order chi connectivity index (χ1) is 13.2. The monoisotopic (exact) mass is 394 g/mol. The van der Waals surface area contributed by atoms with Crippen molar-refractivity contribution in [3.63, 3.8) is 0 Å². The van der Waals surface area contributed by atoms with E-state index in [2.05, 4.69) is 15.0 Å². The average Bonchev–Trinajstić information content (AvgIpc) is 3.09. The molecule has 0 amide bonds. The Labute approximate surface area is 156 Å². The summed E-state index contributed by atoms with van der Waals surface area (Å²) in [6.45, 7) is 0. The number of aromatic hydroxyl groups is 1. The van der Waals surface area contributed by atoms with Crippen molar-refractivity contribution < 1.29 is 27.9 Å². The SMILES string of the molecule is CNc1ccc([N+](=O)[O-])cc1-n1cnc(-c2ccc(OC(F)(F)F)cc2O)c1. The third-order valence-corrected chi connectivity index (χ3v) is 3.80. The maximum Gasteiger partial charge on any atom is 0.573 e. The maximum absolute atomic E-state index is 12.3. The second-order valence-corrected chi connectivity index (χ2v) is 5.60. The molecule has 0 spiro atoms. The first-order valence-electron chi connectivity index (χ1n) is 7.77. The first-order valence-corrected chi connectivity index (χ1v) is 7.77. The van der Waals surface area contributed by atoms with Gasteiger partial charge in [0.05, 0.1) is 28.3 Å². The van der Waals surface area contributed by atoms with Crippen molar-refractivity contribution in [1.29, 1.82) is 0 Å². The molecule has 0 saturated carbocycles. The van der Waals surface area contributed by atoms with Gasteiger partial charge in [-0.2, -0.15) is 0 Å². The number of anilines is 1. The van der Waals surface area contributed by atoms with Crippen LogP contribution in [0.4, 0.5) is 24.5 Å². The molecule has 0 aliphatic carbocycles. The van der Waals surface area contributed by atoms with Gasteiger partial charge in [-0.3, -0.25) is 10.1 Å². The van der Waals surface area contributed by atoms with Gasteiger partial charge in [0.1, 0.15) is 11.5 Å². The lowest BCUT2D eigenvalue weighted by molar-refractivity contribution is -0.384. The van der Waals surface area contributed by atoms with Crippen LogP contribution in [-0.4, -0.2) is 33.0 Å². The third kappa shape index (κ3) is 3.98. The van der Waals surface area contributed by atoms with E-state index in [0.717, 1.165) is 12.1 Å². The molecule has 28 heavy (non-hydrogen) atoms. The number of alkyl halides is 3. The number of nitro benzene ring substituents is 1. The van der Waals surface area contributed by atoms with E-state index < -0.39 is 22.8 Å². The fourth-order valence-electron chi connectivity index (χ4n) is 2.58. The molecule has 0 bridgehead atoms. The second kappa shape index (κ2) is 7.10. The number of nitro groups is 1. The highest BCUT2D eigenvalue weighted by molar-refractivity contribution is 5.70. The van der Waals surface area contributed by atoms with Crippen molar-refractivity contribution in [1.82, 2.24) is 9.55 Å². The molecule has 8 nitrogen and oxygen atoms in total. The van der Waals surface area contributed by atoms with E-state index >= 15 is 0 Å². The van der Waals surface area contributed by atoms with Gasteiger partial charge in [-0.25, -0.2) is 4.98 Å². The lowest BCUT2D eigenvalue weighted by Crippen LogP contribution is -2.16. The number of aromatic nitrogens is 2. The van der Waals surface area contributed by atoms with Crippen molar-refractivity contribution in [2.75, 3.05) is 12.4 Å². The Morgan fingerprint density at radius 3 is 2.61 bits per heavy atom. The van der Waals surface area contributed by atoms with Crippen molar-refractivity contribution in [2.45, 2.75) is 6.36 Å². The number of non-ortho nitro benzene ring substituents is 1. The van der Waals surface area contributed by atoms with Crippen LogP contribution in [0.2, 0.25) is 0 Å². The number of phenols is 1. The number of benzene rings is 2. The van der Waals surface area contributed by atoms with Gasteiger partial charge in [-0.15, -0.1) is 13.2 Å². The van der Waals surface area contributed by atoms with Gasteiger partial charge in [0.25, 0.3) is 5.69 Å². The highest BCUT2D eigenvalue weighted by Crippen LogP contribution is 2.34. The molecule has 2 N–H and O–H groups in total. The summed E-state index contributed by atoms with van der Waals surface area (Å²) in [5.41, 5.74) is 1.33. The van der Waals surface area contributed by atoms with Gasteiger partial charge in [-0.05, 0) is 18.2 Å². The number of nitrogens with one attached hydrogen (secondary N) is 1. The third-order valence-electron chi connectivity index (χ3n) is 3.80. The molecular weight excluding hydrogens is 381 g/mol. The second-order valence-electron chi connectivity index (χ2n) is 5.60. The summed E-state index contributed by atoms with van der Waals surface area (Å²) in [5, 5.41) is 24.0. The molecule has 1 aromatic heterocycles. The van der Waals surface area contributed by atoms with Crippen LogP contribution in [0.25, 0.3) is 16.9 Å². The van der Waals surface area contributed by atoms with Crippen LogP contribution in [0, 0.1) is 10.1 Å². The van der Waals surface area contributed by atoms with E-state index in [9.17, 15) is 28.4 Å². The van der Waals surface area contributed by atoms with Gasteiger partial charge in [0.2, 0.25) is 0 Å². The van der Waals surface area contributed by atoms with Gasteiger partial charge in [-0.1, -0.05) is 0 Å². The Hall–Kier alpha value is -3.76. The minimum Gasteiger partial charge on any atom is -0.507 e. The number of halogens is 3. The normalized spacial score (nSPS) is 11.3. The lowest BCUT2D eigenvalue weighted by Gasteiger charge is -2.10. The molecule has 0 unspecified atom stereocenters. The largest absolute Gasteiger partial charge is 0.573 e. The van der Waals surface area contributed by atoms with Gasteiger partial charge in [0.15, 0.2) is 0 Å². The summed E-state index contributed by atoms with van der Waals surface area (Å²) in [4.78, 5) is 14.6. The fraction of sp³-hybridized carbons (Fsp3) is 0.118. The summed E-state index contributed by atoms with van der Waals surface area (Å²) >= 11 is 0. The van der Waals surface area contributed by atoms with E-state index in [-0.39, 0.29) is 16.9 Å². The van der Waals surface area contributed by atoms with Crippen LogP contribution in [0.3, 0.4) is 0 Å². The molecule has 3 aromatic rings. The van der Waals surface area contributed by atoms with E-state index in [1.54, 1.807) is 7.05 Å². The van der Waals surface area contributed by atoms with E-state index in [4.69, 9.17) is 0 Å². The van der Waals surface area contributed by atoms with E-state index in [1.165, 1.54) is 41.4 Å². The topological polar surface area (TPSA) is 102 Å². The summed E-state index contributed by atoms with van der Waals surface area (Å²) < 4.78 is 42.1. The van der Waals surface area contributed by atoms with Crippen LogP contribution >= 0.6 is 0 Å². The summed E-state index contributed by atoms with van der Waals surface area (Å²) in [6.07, 6.45) is -2.02. The molecule has 0 radical (unpaired) electrons. The molecule has 0 saturated heterocycles. The molecule has 11 heteroatoms. The van der Waals surface area contributed by atoms with Crippen molar-refractivity contribution in [2.24, 2.45) is 0 Å². The lowest BCUT2D eigenvalue weighted by atomic mass is 10.1. The van der Waals surface area contributed by atoms with Crippen molar-refractivity contribution in [3.8, 4) is 28.4 Å². The van der Waals surface area contributed by atoms with Crippen LogP contribution in [0.1, 0.15) is 0 Å². The molecule has 1 heterocycles. The molecule has 146 valence electrons. The number of imidazole rings is 1. The molecule has 0 atom stereocenters. The Morgan fingerprint density at radius 1 is 1.25 bits per heavy atom. The Morgan fingerprint density at radius 2 is 2.00 bits per heavy atom. The molecule has 0 aliphatic rings. The van der Waals surface area contributed by atoms with Crippen LogP contribution in [0.5, 0.6) is 11.5 Å². The quantitative estimate of drug-likeness (QED) is 0.499.